The molecule has 4 heteroatoms. The van der Waals surface area contributed by atoms with Crippen molar-refractivity contribution in [2.75, 3.05) is 13.7 Å². The van der Waals surface area contributed by atoms with E-state index in [1.807, 2.05) is 18.2 Å². The van der Waals surface area contributed by atoms with E-state index in [-0.39, 0.29) is 24.1 Å². The van der Waals surface area contributed by atoms with Gasteiger partial charge in [-0.25, -0.2) is 0 Å². The molecule has 0 aliphatic carbocycles. The fraction of sp³-hybridized carbons (Fsp3) is 0.625. The van der Waals surface area contributed by atoms with Gasteiger partial charge in [-0.05, 0) is 12.0 Å². The monoisotopic (exact) mass is 278 g/mol. The Bertz CT molecular complexity index is 435. The topological polar surface area (TPSA) is 36.9 Å². The molecule has 2 aliphatic rings. The third kappa shape index (κ3) is 2.49. The minimum atomic E-state index is -0.316. The molecular weight excluding hydrogens is 256 g/mol. The van der Waals surface area contributed by atoms with Gasteiger partial charge < -0.3 is 18.9 Å². The van der Waals surface area contributed by atoms with Gasteiger partial charge in [-0.1, -0.05) is 37.3 Å². The number of hydrogen-bond donors (Lipinski definition) is 0. The molecule has 2 bridgehead atoms. The van der Waals surface area contributed by atoms with E-state index in [4.69, 9.17) is 18.9 Å². The summed E-state index contributed by atoms with van der Waals surface area (Å²) in [5.74, 6) is 0. The lowest BCUT2D eigenvalue weighted by molar-refractivity contribution is -0.239. The van der Waals surface area contributed by atoms with Gasteiger partial charge in [-0.15, -0.1) is 0 Å². The van der Waals surface area contributed by atoms with Gasteiger partial charge >= 0.3 is 0 Å². The molecule has 0 N–H and O–H groups in total. The van der Waals surface area contributed by atoms with Gasteiger partial charge in [0.15, 0.2) is 6.29 Å². The van der Waals surface area contributed by atoms with E-state index >= 15 is 0 Å². The summed E-state index contributed by atoms with van der Waals surface area (Å²) < 4.78 is 23.4. The van der Waals surface area contributed by atoms with Crippen LogP contribution >= 0.6 is 0 Å². The Kier molecular flexibility index (Phi) is 4.08. The molecule has 4 atom stereocenters. The van der Waals surface area contributed by atoms with Crippen molar-refractivity contribution in [2.24, 2.45) is 0 Å². The molecule has 2 aliphatic heterocycles. The minimum absolute atomic E-state index is 0.00705. The highest BCUT2D eigenvalue weighted by Crippen LogP contribution is 2.41. The van der Waals surface area contributed by atoms with Crippen LogP contribution in [0.4, 0.5) is 0 Å². The van der Waals surface area contributed by atoms with Crippen LogP contribution in [0.1, 0.15) is 25.3 Å². The predicted molar refractivity (Wildman–Crippen MR) is 74.3 cm³/mol. The first kappa shape index (κ1) is 14.0. The average Bonchev–Trinajstić information content (AvgIpc) is 2.95. The van der Waals surface area contributed by atoms with E-state index in [1.165, 1.54) is 5.56 Å². The molecule has 110 valence electrons. The first-order valence-corrected chi connectivity index (χ1v) is 7.25. The molecular formula is C16H22O4. The number of methoxy groups -OCH3 is 1. The molecule has 1 aromatic rings. The standard InChI is InChI=1S/C16H22O4/c1-3-16(19-10-12-7-5-4-6-8-12)9-13(17-2)15-18-11-14(16)20-15/h4-8,13-15H,3,9-11H2,1-2H3/t13-,14-,15-,16+/m1/s1. The van der Waals surface area contributed by atoms with Crippen molar-refractivity contribution < 1.29 is 18.9 Å². The zero-order chi connectivity index (χ0) is 14.0. The summed E-state index contributed by atoms with van der Waals surface area (Å²) in [6, 6.07) is 10.2. The van der Waals surface area contributed by atoms with Gasteiger partial charge in [0.05, 0.1) is 18.8 Å². The molecule has 0 amide bonds. The smallest absolute Gasteiger partial charge is 0.184 e. The van der Waals surface area contributed by atoms with E-state index in [9.17, 15) is 0 Å². The summed E-state index contributed by atoms with van der Waals surface area (Å²) in [5.41, 5.74) is 0.860. The number of fused-ring (bicyclic) bond motifs is 2. The molecule has 0 aromatic heterocycles. The molecule has 2 heterocycles. The normalized spacial score (nSPS) is 36.2. The molecule has 3 rings (SSSR count). The summed E-state index contributed by atoms with van der Waals surface area (Å²) in [5, 5.41) is 0. The summed E-state index contributed by atoms with van der Waals surface area (Å²) in [6.07, 6.45) is 1.44. The van der Waals surface area contributed by atoms with Crippen molar-refractivity contribution in [3.63, 3.8) is 0 Å². The predicted octanol–water partition coefficient (Wildman–Crippen LogP) is 2.51. The zero-order valence-electron chi connectivity index (χ0n) is 12.1. The molecule has 0 unspecified atom stereocenters. The molecule has 2 fully saturated rings. The van der Waals surface area contributed by atoms with Crippen LogP contribution in [0.3, 0.4) is 0 Å². The maximum Gasteiger partial charge on any atom is 0.184 e. The highest BCUT2D eigenvalue weighted by Gasteiger charge is 2.53. The van der Waals surface area contributed by atoms with Crippen molar-refractivity contribution in [1.82, 2.24) is 0 Å². The highest BCUT2D eigenvalue weighted by atomic mass is 16.8. The third-order valence-corrected chi connectivity index (χ3v) is 4.42. The van der Waals surface area contributed by atoms with Crippen LogP contribution < -0.4 is 0 Å². The quantitative estimate of drug-likeness (QED) is 0.829. The Labute approximate surface area is 120 Å². The van der Waals surface area contributed by atoms with Crippen LogP contribution in [-0.4, -0.2) is 37.8 Å². The second kappa shape index (κ2) is 5.82. The Morgan fingerprint density at radius 3 is 2.80 bits per heavy atom. The second-order valence-electron chi connectivity index (χ2n) is 5.50. The molecule has 0 saturated carbocycles. The van der Waals surface area contributed by atoms with Crippen molar-refractivity contribution in [3.8, 4) is 0 Å². The van der Waals surface area contributed by atoms with Gasteiger partial charge in [-0.3, -0.25) is 0 Å². The molecule has 0 spiro atoms. The van der Waals surface area contributed by atoms with Gasteiger partial charge in [0.25, 0.3) is 0 Å². The molecule has 0 radical (unpaired) electrons. The summed E-state index contributed by atoms with van der Waals surface area (Å²) in [7, 11) is 1.70. The van der Waals surface area contributed by atoms with Gasteiger partial charge in [-0.2, -0.15) is 0 Å². The van der Waals surface area contributed by atoms with Crippen LogP contribution in [0.15, 0.2) is 30.3 Å². The molecule has 1 aromatic carbocycles. The maximum absolute atomic E-state index is 6.28. The third-order valence-electron chi connectivity index (χ3n) is 4.42. The Hall–Kier alpha value is -0.940. The largest absolute Gasteiger partial charge is 0.376 e. The molecule has 2 saturated heterocycles. The zero-order valence-corrected chi connectivity index (χ0v) is 12.1. The van der Waals surface area contributed by atoms with Gasteiger partial charge in [0.1, 0.15) is 12.2 Å². The number of benzene rings is 1. The lowest BCUT2D eigenvalue weighted by atomic mass is 9.85. The fourth-order valence-electron chi connectivity index (χ4n) is 3.08. The van der Waals surface area contributed by atoms with Crippen LogP contribution in [-0.2, 0) is 25.6 Å². The van der Waals surface area contributed by atoms with Crippen LogP contribution in [0.2, 0.25) is 0 Å². The van der Waals surface area contributed by atoms with E-state index in [2.05, 4.69) is 19.1 Å². The van der Waals surface area contributed by atoms with E-state index < -0.39 is 0 Å². The van der Waals surface area contributed by atoms with Crippen molar-refractivity contribution in [3.05, 3.63) is 35.9 Å². The maximum atomic E-state index is 6.28. The number of rotatable bonds is 5. The lowest BCUT2D eigenvalue weighted by Gasteiger charge is -2.43. The van der Waals surface area contributed by atoms with E-state index in [1.54, 1.807) is 7.11 Å². The highest BCUT2D eigenvalue weighted by molar-refractivity contribution is 5.14. The van der Waals surface area contributed by atoms with E-state index in [0.29, 0.717) is 13.2 Å². The van der Waals surface area contributed by atoms with Gasteiger partial charge in [0, 0.05) is 13.5 Å². The Balaban J connectivity index is 1.73. The lowest BCUT2D eigenvalue weighted by Crippen LogP contribution is -2.53. The van der Waals surface area contributed by atoms with Crippen LogP contribution in [0.5, 0.6) is 0 Å². The summed E-state index contributed by atoms with van der Waals surface area (Å²) in [4.78, 5) is 0. The van der Waals surface area contributed by atoms with Crippen LogP contribution in [0, 0.1) is 0 Å². The number of hydrogen-bond acceptors (Lipinski definition) is 4. The van der Waals surface area contributed by atoms with Gasteiger partial charge in [0.2, 0.25) is 0 Å². The van der Waals surface area contributed by atoms with Crippen LogP contribution in [0.25, 0.3) is 0 Å². The first-order valence-electron chi connectivity index (χ1n) is 7.25. The minimum Gasteiger partial charge on any atom is -0.376 e. The molecule has 20 heavy (non-hydrogen) atoms. The van der Waals surface area contributed by atoms with Crippen molar-refractivity contribution in [1.29, 1.82) is 0 Å². The summed E-state index contributed by atoms with van der Waals surface area (Å²) in [6.45, 7) is 3.32. The summed E-state index contributed by atoms with van der Waals surface area (Å²) >= 11 is 0. The average molecular weight is 278 g/mol. The SMILES string of the molecule is CC[C@]1(OCc2ccccc2)C[C@@H](OC)[C@@H]2OC[C@H]1O2. The number of ether oxygens (including phenoxy) is 4. The Morgan fingerprint density at radius 2 is 2.10 bits per heavy atom. The van der Waals surface area contributed by atoms with Crippen molar-refractivity contribution >= 4 is 0 Å². The fourth-order valence-corrected chi connectivity index (χ4v) is 3.08. The first-order chi connectivity index (χ1) is 9.77. The molecule has 4 nitrogen and oxygen atoms in total. The second-order valence-corrected chi connectivity index (χ2v) is 5.50. The van der Waals surface area contributed by atoms with Crippen molar-refractivity contribution in [2.45, 2.75) is 50.5 Å². The van der Waals surface area contributed by atoms with E-state index in [0.717, 1.165) is 12.8 Å². The Morgan fingerprint density at radius 1 is 1.30 bits per heavy atom.